The van der Waals surface area contributed by atoms with Crippen molar-refractivity contribution in [3.05, 3.63) is 102 Å². The highest BCUT2D eigenvalue weighted by Gasteiger charge is 2.41. The van der Waals surface area contributed by atoms with Gasteiger partial charge in [0.2, 0.25) is 29.6 Å². The molecule has 404 valence electrons. The number of pyridine rings is 1. The zero-order chi connectivity index (χ0) is 55.0. The van der Waals surface area contributed by atoms with Crippen LogP contribution in [0.4, 0.5) is 28.8 Å². The van der Waals surface area contributed by atoms with Gasteiger partial charge in [-0.2, -0.15) is 5.10 Å². The Morgan fingerprint density at radius 2 is 1.62 bits per heavy atom. The van der Waals surface area contributed by atoms with Crippen molar-refractivity contribution in [3.63, 3.8) is 0 Å². The molecule has 4 aliphatic rings. The van der Waals surface area contributed by atoms with E-state index in [-0.39, 0.29) is 112 Å². The summed E-state index contributed by atoms with van der Waals surface area (Å²) in [6, 6.07) is 10.3. The number of anilines is 5. The van der Waals surface area contributed by atoms with Crippen molar-refractivity contribution in [3.8, 4) is 17.1 Å². The van der Waals surface area contributed by atoms with Crippen LogP contribution < -0.4 is 42.0 Å². The van der Waals surface area contributed by atoms with Crippen molar-refractivity contribution < 1.29 is 52.6 Å². The number of nitrogens with zero attached hydrogens (tertiary/aromatic N) is 10. The van der Waals surface area contributed by atoms with Crippen molar-refractivity contribution in [2.24, 2.45) is 12.8 Å². The van der Waals surface area contributed by atoms with E-state index in [1.165, 1.54) is 36.7 Å². The van der Waals surface area contributed by atoms with Crippen molar-refractivity contribution in [1.29, 1.82) is 0 Å². The fourth-order valence-electron chi connectivity index (χ4n) is 9.37. The molecule has 1 unspecified atom stereocenters. The van der Waals surface area contributed by atoms with Crippen LogP contribution in [-0.2, 0) is 47.1 Å². The Kier molecular flexibility index (Phi) is 16.0. The maximum Gasteiger partial charge on any atom is 0.255 e. The third-order valence-electron chi connectivity index (χ3n) is 13.3. The molecule has 0 radical (unpaired) electrons. The van der Waals surface area contributed by atoms with Gasteiger partial charge in [0.25, 0.3) is 29.5 Å². The number of methoxy groups -OCH3 is 1. The Bertz CT molecular complexity index is 3210. The third-order valence-corrected chi connectivity index (χ3v) is 13.3. The molecule has 0 bridgehead atoms. The Balaban J connectivity index is 0.817. The van der Waals surface area contributed by atoms with Crippen LogP contribution >= 0.6 is 0 Å². The molecule has 2 aromatic carbocycles. The summed E-state index contributed by atoms with van der Waals surface area (Å²) in [5.74, 6) is -3.19. The number of nitrogens with one attached hydrogen (secondary N) is 5. The van der Waals surface area contributed by atoms with Gasteiger partial charge in [0.1, 0.15) is 24.2 Å². The summed E-state index contributed by atoms with van der Waals surface area (Å²) < 4.78 is 12.8. The van der Waals surface area contributed by atoms with Gasteiger partial charge in [0.05, 0.1) is 54.9 Å². The summed E-state index contributed by atoms with van der Waals surface area (Å²) in [7, 11) is 3.23. The van der Waals surface area contributed by atoms with E-state index in [2.05, 4.69) is 56.5 Å². The molecule has 5 aromatic rings. The van der Waals surface area contributed by atoms with E-state index in [9.17, 15) is 43.2 Å². The van der Waals surface area contributed by atoms with Crippen LogP contribution in [0.1, 0.15) is 62.3 Å². The van der Waals surface area contributed by atoms with Crippen LogP contribution in [-0.4, -0.2) is 169 Å². The molecule has 0 saturated carbocycles. The second-order valence-electron chi connectivity index (χ2n) is 18.4. The number of carbonyl (C=O) groups excluding carboxylic acids is 9. The normalized spacial score (nSPS) is 16.5. The fraction of sp³-hybridized carbons (Fsp3) is 0.333. The van der Waals surface area contributed by atoms with Crippen LogP contribution in [0.3, 0.4) is 0 Å². The average molecular weight is 1070 g/mol. The minimum atomic E-state index is -1.07. The van der Waals surface area contributed by atoms with Gasteiger partial charge in [-0.3, -0.25) is 58.0 Å². The number of piperazine rings is 1. The molecule has 3 aromatic heterocycles. The number of piperidine rings is 1. The number of para-hydroxylation sites is 1. The highest BCUT2D eigenvalue weighted by atomic mass is 16.5. The van der Waals surface area contributed by atoms with Gasteiger partial charge in [0.15, 0.2) is 11.6 Å². The first-order valence-corrected chi connectivity index (χ1v) is 24.8. The van der Waals surface area contributed by atoms with Crippen molar-refractivity contribution in [1.82, 2.24) is 60.4 Å². The number of benzene rings is 2. The van der Waals surface area contributed by atoms with Gasteiger partial charge < -0.3 is 51.2 Å². The highest BCUT2D eigenvalue weighted by molar-refractivity contribution is 6.13. The number of hydrogen-bond acceptors (Lipinski definition) is 19. The van der Waals surface area contributed by atoms with Crippen molar-refractivity contribution >= 4 is 82.0 Å². The number of ether oxygens (including phenoxy) is 2. The third kappa shape index (κ3) is 11.9. The predicted molar refractivity (Wildman–Crippen MR) is 276 cm³/mol. The standard InChI is InChI=1S/C51H54N16O11/c1-63-28-57-46(62-63)31-6-3-7-34(44(31)77-2)58-36-23-39(54-26-32(36)45(52)72)60-51-55-24-29(25-56-51)47(73)53-15-13-35(59-41(69)14-21-78-22-20-66-42(70)11-12-43(66)71)50(76)65-18-16-64(17-19-65)37-8-4-5-30-33(37)27-67(49(30)75)38-9-10-40(68)61-48(38)74/h3-8,11-12,23-26,28,35,38H,9-10,13-22,27H2,1-2H3,(H2,52,72)(H,53,73)(H,59,69)(H,61,68,74)(H2,54,55,56,58,60)/t35-,38?/m0/s1. The number of nitrogens with two attached hydrogens (primary N) is 1. The van der Waals surface area contributed by atoms with Crippen molar-refractivity contribution in [2.75, 3.05) is 75.1 Å². The number of hydrogen-bond donors (Lipinski definition) is 6. The largest absolute Gasteiger partial charge is 0.494 e. The second kappa shape index (κ2) is 23.5. The smallest absolute Gasteiger partial charge is 0.255 e. The SMILES string of the molecule is COc1c(Nc2cc(Nc3ncc(C(=O)NCC[C@H](NC(=O)CCOCCN4C(=O)C=CC4=O)C(=O)N4CCN(c5cccc6c5CN(C5CCC(=O)NC5=O)C6=O)CC4)cn3)ncc2C(N)=O)cccc1-c1ncn(C)n1. The van der Waals surface area contributed by atoms with E-state index in [1.807, 2.05) is 6.07 Å². The molecule has 4 aliphatic heterocycles. The first-order chi connectivity index (χ1) is 37.6. The van der Waals surface area contributed by atoms with E-state index in [1.54, 1.807) is 53.3 Å². The molecule has 7 N–H and O–H groups in total. The van der Waals surface area contributed by atoms with Crippen LogP contribution in [0.5, 0.6) is 5.75 Å². The lowest BCUT2D eigenvalue weighted by Gasteiger charge is -2.38. The van der Waals surface area contributed by atoms with E-state index < -0.39 is 53.4 Å². The summed E-state index contributed by atoms with van der Waals surface area (Å²) in [5, 5.41) is 18.4. The number of imide groups is 2. The molecule has 2 saturated heterocycles. The van der Waals surface area contributed by atoms with E-state index in [4.69, 9.17) is 15.2 Å². The summed E-state index contributed by atoms with van der Waals surface area (Å²) >= 11 is 0. The van der Waals surface area contributed by atoms with E-state index in [0.29, 0.717) is 41.5 Å². The first-order valence-electron chi connectivity index (χ1n) is 24.8. The molecule has 2 fully saturated rings. The quantitative estimate of drug-likeness (QED) is 0.0425. The Morgan fingerprint density at radius 1 is 0.872 bits per heavy atom. The van der Waals surface area contributed by atoms with Gasteiger partial charge in [-0.15, -0.1) is 0 Å². The van der Waals surface area contributed by atoms with Gasteiger partial charge in [0, 0.05) is 113 Å². The summed E-state index contributed by atoms with van der Waals surface area (Å²) in [6.07, 6.45) is 7.94. The highest BCUT2D eigenvalue weighted by Crippen LogP contribution is 2.38. The molecule has 27 heteroatoms. The van der Waals surface area contributed by atoms with Gasteiger partial charge >= 0.3 is 0 Å². The van der Waals surface area contributed by atoms with Gasteiger partial charge in [-0.25, -0.2) is 19.9 Å². The lowest BCUT2D eigenvalue weighted by atomic mass is 10.0. The van der Waals surface area contributed by atoms with Gasteiger partial charge in [-0.1, -0.05) is 12.1 Å². The first kappa shape index (κ1) is 53.2. The molecular weight excluding hydrogens is 1010 g/mol. The van der Waals surface area contributed by atoms with Gasteiger partial charge in [-0.05, 0) is 37.1 Å². The second-order valence-corrected chi connectivity index (χ2v) is 18.4. The summed E-state index contributed by atoms with van der Waals surface area (Å²) in [5.41, 5.74) is 9.22. The minimum absolute atomic E-state index is 0.00294. The molecule has 7 heterocycles. The molecular formula is C51H54N16O11. The number of primary amides is 1. The summed E-state index contributed by atoms with van der Waals surface area (Å²) in [4.78, 5) is 139. The molecule has 78 heavy (non-hydrogen) atoms. The maximum atomic E-state index is 14.2. The number of aryl methyl sites for hydroxylation is 1. The average Bonchev–Trinajstić information content (AvgIpc) is 4.23. The van der Waals surface area contributed by atoms with E-state index >= 15 is 0 Å². The lowest BCUT2D eigenvalue weighted by molar-refractivity contribution is -0.139. The fourth-order valence-corrected chi connectivity index (χ4v) is 9.37. The summed E-state index contributed by atoms with van der Waals surface area (Å²) in [6.45, 7) is 1.34. The molecule has 9 amide bonds. The molecule has 0 spiro atoms. The zero-order valence-corrected chi connectivity index (χ0v) is 42.4. The van der Waals surface area contributed by atoms with Crippen LogP contribution in [0.2, 0.25) is 0 Å². The monoisotopic (exact) mass is 1070 g/mol. The molecule has 0 aliphatic carbocycles. The van der Waals surface area contributed by atoms with E-state index in [0.717, 1.165) is 28.3 Å². The lowest BCUT2D eigenvalue weighted by Crippen LogP contribution is -2.55. The topological polar surface area (TPSA) is 341 Å². The Hall–Kier alpha value is -9.66. The molecule has 27 nitrogen and oxygen atoms in total. The number of fused-ring (bicyclic) bond motifs is 1. The van der Waals surface area contributed by atoms with Crippen molar-refractivity contribution in [2.45, 2.75) is 44.3 Å². The van der Waals surface area contributed by atoms with Crippen LogP contribution in [0.25, 0.3) is 11.4 Å². The maximum absolute atomic E-state index is 14.2. The van der Waals surface area contributed by atoms with Crippen LogP contribution in [0, 0.1) is 0 Å². The zero-order valence-electron chi connectivity index (χ0n) is 42.4. The molecule has 9 rings (SSSR count). The minimum Gasteiger partial charge on any atom is -0.494 e. The Labute approximate surface area is 444 Å². The Morgan fingerprint density at radius 3 is 2.32 bits per heavy atom. The number of aromatic nitrogens is 6. The molecule has 2 atom stereocenters. The predicted octanol–water partition coefficient (Wildman–Crippen LogP) is 0.308. The van der Waals surface area contributed by atoms with Crippen LogP contribution in [0.15, 0.2) is 79.5 Å². The number of carbonyl (C=O) groups is 9. The number of rotatable bonds is 21. The number of amides is 9.